The lowest BCUT2D eigenvalue weighted by molar-refractivity contribution is -0.120. The van der Waals surface area contributed by atoms with Crippen LogP contribution in [0, 0.1) is 0 Å². The quantitative estimate of drug-likeness (QED) is 0.896. The number of carbonyl (C=O) groups excluding carboxylic acids is 1. The van der Waals surface area contributed by atoms with Crippen molar-refractivity contribution in [1.29, 1.82) is 0 Å². The molecule has 1 atom stereocenters. The van der Waals surface area contributed by atoms with E-state index in [0.717, 1.165) is 24.2 Å². The van der Waals surface area contributed by atoms with Crippen LogP contribution in [0.3, 0.4) is 0 Å². The Morgan fingerprint density at radius 2 is 2.11 bits per heavy atom. The molecule has 1 aliphatic rings. The highest BCUT2D eigenvalue weighted by atomic mass is 32.2. The molecule has 0 fully saturated rings. The molecule has 5 heteroatoms. The lowest BCUT2D eigenvalue weighted by atomic mass is 9.87. The number of ketones is 1. The minimum absolute atomic E-state index is 0.0333. The van der Waals surface area contributed by atoms with Crippen LogP contribution in [0.1, 0.15) is 31.2 Å². The van der Waals surface area contributed by atoms with Crippen molar-refractivity contribution in [3.05, 3.63) is 29.8 Å². The van der Waals surface area contributed by atoms with Crippen LogP contribution in [0.2, 0.25) is 0 Å². The van der Waals surface area contributed by atoms with Gasteiger partial charge >= 0.3 is 0 Å². The monoisotopic (exact) mass is 281 g/mol. The number of anilines is 1. The molecule has 0 radical (unpaired) electrons. The van der Waals surface area contributed by atoms with Crippen LogP contribution in [0.15, 0.2) is 24.3 Å². The number of sulfone groups is 1. The van der Waals surface area contributed by atoms with Crippen molar-refractivity contribution in [2.45, 2.75) is 25.7 Å². The normalized spacial score (nSPS) is 18.5. The fraction of sp³-hybridized carbons (Fsp3) is 0.500. The van der Waals surface area contributed by atoms with Gasteiger partial charge < -0.3 is 5.32 Å². The largest absolute Gasteiger partial charge is 0.385 e. The third-order valence-electron chi connectivity index (χ3n) is 3.57. The van der Waals surface area contributed by atoms with Gasteiger partial charge in [-0.2, -0.15) is 0 Å². The summed E-state index contributed by atoms with van der Waals surface area (Å²) in [6.45, 7) is 2.37. The van der Waals surface area contributed by atoms with Crippen molar-refractivity contribution in [2.24, 2.45) is 0 Å². The first-order valence-electron chi connectivity index (χ1n) is 6.59. The van der Waals surface area contributed by atoms with Gasteiger partial charge in [-0.3, -0.25) is 4.79 Å². The summed E-state index contributed by atoms with van der Waals surface area (Å²) in [6, 6.07) is 7.74. The smallest absolute Gasteiger partial charge is 0.150 e. The zero-order valence-electron chi connectivity index (χ0n) is 11.1. The van der Waals surface area contributed by atoms with E-state index in [1.54, 1.807) is 6.92 Å². The second kappa shape index (κ2) is 5.74. The number of hydrogen-bond acceptors (Lipinski definition) is 4. The molecule has 0 spiro atoms. The molecule has 104 valence electrons. The second-order valence-electron chi connectivity index (χ2n) is 4.81. The van der Waals surface area contributed by atoms with Gasteiger partial charge in [0.25, 0.3) is 0 Å². The maximum Gasteiger partial charge on any atom is 0.150 e. The van der Waals surface area contributed by atoms with Gasteiger partial charge in [-0.05, 0) is 18.1 Å². The van der Waals surface area contributed by atoms with Crippen molar-refractivity contribution < 1.29 is 13.2 Å². The highest BCUT2D eigenvalue weighted by Crippen LogP contribution is 2.32. The summed E-state index contributed by atoms with van der Waals surface area (Å²) in [5.41, 5.74) is 1.98. The Labute approximate surface area is 114 Å². The average molecular weight is 281 g/mol. The number of Topliss-reactive ketones (excluding diaryl/α,β-unsaturated/α-hetero) is 1. The first kappa shape index (κ1) is 14.1. The first-order chi connectivity index (χ1) is 9.03. The van der Waals surface area contributed by atoms with Crippen LogP contribution in [0.5, 0.6) is 0 Å². The van der Waals surface area contributed by atoms with Crippen molar-refractivity contribution in [2.75, 3.05) is 23.4 Å². The molecular weight excluding hydrogens is 262 g/mol. The number of benzene rings is 1. The van der Waals surface area contributed by atoms with E-state index >= 15 is 0 Å². The predicted octanol–water partition coefficient (Wildman–Crippen LogP) is 1.98. The van der Waals surface area contributed by atoms with Crippen molar-refractivity contribution in [3.63, 3.8) is 0 Å². The summed E-state index contributed by atoms with van der Waals surface area (Å²) in [6.07, 6.45) is 0.858. The highest BCUT2D eigenvalue weighted by Gasteiger charge is 2.26. The molecule has 1 aliphatic heterocycles. The lowest BCUT2D eigenvalue weighted by Crippen LogP contribution is -2.24. The molecule has 4 nitrogen and oxygen atoms in total. The molecule has 1 unspecified atom stereocenters. The van der Waals surface area contributed by atoms with Crippen LogP contribution in [-0.4, -0.2) is 32.3 Å². The summed E-state index contributed by atoms with van der Waals surface area (Å²) < 4.78 is 22.9. The average Bonchev–Trinajstić information content (AvgIpc) is 2.44. The fourth-order valence-electron chi connectivity index (χ4n) is 2.38. The molecule has 1 heterocycles. The predicted molar refractivity (Wildman–Crippen MR) is 76.2 cm³/mol. The van der Waals surface area contributed by atoms with E-state index in [1.807, 2.05) is 24.3 Å². The Morgan fingerprint density at radius 1 is 1.37 bits per heavy atom. The summed E-state index contributed by atoms with van der Waals surface area (Å²) >= 11 is 0. The third-order valence-corrected chi connectivity index (χ3v) is 5.28. The van der Waals surface area contributed by atoms with Gasteiger partial charge in [0.1, 0.15) is 15.6 Å². The van der Waals surface area contributed by atoms with Gasteiger partial charge in [-0.25, -0.2) is 8.42 Å². The Morgan fingerprint density at radius 3 is 2.84 bits per heavy atom. The van der Waals surface area contributed by atoms with E-state index in [1.165, 1.54) is 0 Å². The maximum absolute atomic E-state index is 12.2. The van der Waals surface area contributed by atoms with Gasteiger partial charge in [0.2, 0.25) is 0 Å². The van der Waals surface area contributed by atoms with Gasteiger partial charge in [0.15, 0.2) is 0 Å². The minimum atomic E-state index is -3.07. The summed E-state index contributed by atoms with van der Waals surface area (Å²) in [5, 5.41) is 3.26. The Balaban J connectivity index is 2.09. The molecule has 0 aliphatic carbocycles. The molecule has 1 aromatic rings. The number of nitrogens with one attached hydrogen (secondary N) is 1. The van der Waals surface area contributed by atoms with Crippen LogP contribution in [-0.2, 0) is 14.6 Å². The second-order valence-corrected chi connectivity index (χ2v) is 7.28. The third kappa shape index (κ3) is 3.35. The first-order valence-corrected chi connectivity index (χ1v) is 8.41. The molecule has 0 aromatic heterocycles. The van der Waals surface area contributed by atoms with Gasteiger partial charge in [-0.1, -0.05) is 25.1 Å². The topological polar surface area (TPSA) is 63.2 Å². The van der Waals surface area contributed by atoms with Crippen LogP contribution < -0.4 is 5.32 Å². The Kier molecular flexibility index (Phi) is 4.24. The Bertz CT molecular complexity index is 566. The maximum atomic E-state index is 12.2. The molecule has 2 rings (SSSR count). The van der Waals surface area contributed by atoms with E-state index in [4.69, 9.17) is 0 Å². The van der Waals surface area contributed by atoms with Crippen LogP contribution in [0.4, 0.5) is 5.69 Å². The standard InChI is InChI=1S/C14H19NO3S/c1-2-19(17,18)10-8-14(16)12-7-9-15-13-6-4-3-5-11(12)13/h3-6,12,15H,2,7-10H2,1H3. The number of hydrogen-bond donors (Lipinski definition) is 1. The van der Waals surface area contributed by atoms with E-state index in [-0.39, 0.29) is 29.6 Å². The molecule has 0 amide bonds. The van der Waals surface area contributed by atoms with E-state index < -0.39 is 9.84 Å². The molecule has 1 N–H and O–H groups in total. The molecular formula is C14H19NO3S. The zero-order valence-corrected chi connectivity index (χ0v) is 11.9. The van der Waals surface area contributed by atoms with Crippen molar-refractivity contribution in [1.82, 2.24) is 0 Å². The van der Waals surface area contributed by atoms with Gasteiger partial charge in [0, 0.05) is 30.3 Å². The molecule has 19 heavy (non-hydrogen) atoms. The SMILES string of the molecule is CCS(=O)(=O)CCC(=O)C1CCNc2ccccc21. The number of rotatable bonds is 5. The molecule has 0 bridgehead atoms. The summed E-state index contributed by atoms with van der Waals surface area (Å²) in [4.78, 5) is 12.2. The van der Waals surface area contributed by atoms with Gasteiger partial charge in [-0.15, -0.1) is 0 Å². The Hall–Kier alpha value is -1.36. The minimum Gasteiger partial charge on any atom is -0.385 e. The highest BCUT2D eigenvalue weighted by molar-refractivity contribution is 7.91. The van der Waals surface area contributed by atoms with E-state index in [2.05, 4.69) is 5.32 Å². The van der Waals surface area contributed by atoms with E-state index in [0.29, 0.717) is 0 Å². The summed E-state index contributed by atoms with van der Waals surface area (Å²) in [5.74, 6) is -0.0622. The van der Waals surface area contributed by atoms with Crippen LogP contribution in [0.25, 0.3) is 0 Å². The number of fused-ring (bicyclic) bond motifs is 1. The number of carbonyl (C=O) groups is 1. The molecule has 1 aromatic carbocycles. The molecule has 0 saturated carbocycles. The number of para-hydroxylation sites is 1. The van der Waals surface area contributed by atoms with E-state index in [9.17, 15) is 13.2 Å². The van der Waals surface area contributed by atoms with Crippen LogP contribution >= 0.6 is 0 Å². The van der Waals surface area contributed by atoms with Crippen molar-refractivity contribution in [3.8, 4) is 0 Å². The fourth-order valence-corrected chi connectivity index (χ4v) is 3.18. The summed E-state index contributed by atoms with van der Waals surface area (Å²) in [7, 11) is -3.07. The lowest BCUT2D eigenvalue weighted by Gasteiger charge is -2.25. The molecule has 0 saturated heterocycles. The van der Waals surface area contributed by atoms with Gasteiger partial charge in [0.05, 0.1) is 5.75 Å². The zero-order chi connectivity index (χ0) is 13.9. The van der Waals surface area contributed by atoms with Crippen molar-refractivity contribution >= 4 is 21.3 Å².